The smallest absolute Gasteiger partial charge is 0.330 e. The number of nitrogens with two attached hydrogens (primary N) is 1. The third-order valence-corrected chi connectivity index (χ3v) is 3.78. The van der Waals surface area contributed by atoms with E-state index in [1.54, 1.807) is 11.8 Å². The highest BCUT2D eigenvalue weighted by atomic mass is 19.4. The van der Waals surface area contributed by atoms with Gasteiger partial charge in [-0.05, 0) is 37.8 Å². The first-order valence-corrected chi connectivity index (χ1v) is 6.38. The van der Waals surface area contributed by atoms with Gasteiger partial charge in [0.1, 0.15) is 0 Å². The Morgan fingerprint density at radius 1 is 1.29 bits per heavy atom. The van der Waals surface area contributed by atoms with Crippen molar-refractivity contribution in [2.24, 2.45) is 17.6 Å². The minimum Gasteiger partial charge on any atom is -0.330 e. The molecular weight excluding hydrogens is 229 g/mol. The fraction of sp³-hybridized carbons (Fsp3) is 1.00. The van der Waals surface area contributed by atoms with Gasteiger partial charge >= 0.3 is 6.18 Å². The first kappa shape index (κ1) is 14.8. The van der Waals surface area contributed by atoms with E-state index in [4.69, 9.17) is 5.73 Å². The van der Waals surface area contributed by atoms with Crippen molar-refractivity contribution in [1.82, 2.24) is 4.90 Å². The lowest BCUT2D eigenvalue weighted by Gasteiger charge is -2.41. The molecule has 0 aromatic heterocycles. The summed E-state index contributed by atoms with van der Waals surface area (Å²) in [4.78, 5) is 1.55. The minimum atomic E-state index is -4.12. The Hall–Kier alpha value is -0.290. The largest absolute Gasteiger partial charge is 0.401 e. The molecule has 1 aliphatic rings. The number of nitrogens with zero attached hydrogens (tertiary/aromatic N) is 1. The molecule has 0 aromatic carbocycles. The highest BCUT2D eigenvalue weighted by Crippen LogP contribution is 2.33. The Morgan fingerprint density at radius 3 is 2.41 bits per heavy atom. The Balaban J connectivity index is 2.69. The van der Waals surface area contributed by atoms with Gasteiger partial charge in [0.25, 0.3) is 0 Å². The zero-order chi connectivity index (χ0) is 13.1. The number of hydrogen-bond donors (Lipinski definition) is 1. The molecular formula is C12H23F3N2. The topological polar surface area (TPSA) is 29.3 Å². The van der Waals surface area contributed by atoms with Gasteiger partial charge < -0.3 is 5.73 Å². The number of hydrogen-bond acceptors (Lipinski definition) is 2. The van der Waals surface area contributed by atoms with Crippen molar-refractivity contribution in [1.29, 1.82) is 0 Å². The first-order chi connectivity index (χ1) is 7.87. The lowest BCUT2D eigenvalue weighted by Crippen LogP contribution is -2.49. The molecule has 1 saturated carbocycles. The van der Waals surface area contributed by atoms with Crippen molar-refractivity contribution in [2.45, 2.75) is 45.3 Å². The minimum absolute atomic E-state index is 0.00428. The molecule has 5 heteroatoms. The van der Waals surface area contributed by atoms with Gasteiger partial charge in [-0.15, -0.1) is 0 Å². The van der Waals surface area contributed by atoms with E-state index in [2.05, 4.69) is 6.92 Å². The van der Waals surface area contributed by atoms with Gasteiger partial charge in [-0.1, -0.05) is 20.3 Å². The van der Waals surface area contributed by atoms with E-state index < -0.39 is 12.7 Å². The van der Waals surface area contributed by atoms with Crippen LogP contribution in [0.2, 0.25) is 0 Å². The Morgan fingerprint density at radius 2 is 1.94 bits per heavy atom. The van der Waals surface area contributed by atoms with Gasteiger partial charge in [-0.2, -0.15) is 13.2 Å². The van der Waals surface area contributed by atoms with Crippen LogP contribution in [0.25, 0.3) is 0 Å². The summed E-state index contributed by atoms with van der Waals surface area (Å²) in [5, 5.41) is 0. The highest BCUT2D eigenvalue weighted by Gasteiger charge is 2.37. The van der Waals surface area contributed by atoms with Crippen LogP contribution in [0.1, 0.15) is 33.1 Å². The lowest BCUT2D eigenvalue weighted by atomic mass is 9.78. The molecule has 2 N–H and O–H groups in total. The van der Waals surface area contributed by atoms with Crippen LogP contribution < -0.4 is 5.73 Å². The van der Waals surface area contributed by atoms with Crippen LogP contribution in [0.3, 0.4) is 0 Å². The second-order valence-electron chi connectivity index (χ2n) is 5.16. The summed E-state index contributed by atoms with van der Waals surface area (Å²) in [6.07, 6.45) is -1.24. The Bertz CT molecular complexity index is 230. The number of rotatable bonds is 4. The molecule has 1 fully saturated rings. The molecule has 0 spiro atoms. The summed E-state index contributed by atoms with van der Waals surface area (Å²) in [5.41, 5.74) is 5.69. The fourth-order valence-corrected chi connectivity index (χ4v) is 2.83. The van der Waals surface area contributed by atoms with E-state index in [0.29, 0.717) is 19.0 Å². The summed E-state index contributed by atoms with van der Waals surface area (Å²) >= 11 is 0. The summed E-state index contributed by atoms with van der Waals surface area (Å²) < 4.78 is 37.5. The van der Waals surface area contributed by atoms with E-state index in [9.17, 15) is 13.2 Å². The van der Waals surface area contributed by atoms with Crippen molar-refractivity contribution < 1.29 is 13.2 Å². The standard InChI is InChI=1S/C12H23F3N2/c1-3-17(8-12(13,14)15)11-6-9(2)4-5-10(11)7-16/h9-11H,3-8,16H2,1-2H3. The molecule has 0 amide bonds. The van der Waals surface area contributed by atoms with Crippen LogP contribution in [0.15, 0.2) is 0 Å². The molecule has 1 aliphatic carbocycles. The van der Waals surface area contributed by atoms with Gasteiger partial charge in [0.2, 0.25) is 0 Å². The molecule has 0 heterocycles. The second kappa shape index (κ2) is 6.05. The van der Waals surface area contributed by atoms with Crippen LogP contribution in [0.5, 0.6) is 0 Å². The van der Waals surface area contributed by atoms with Crippen molar-refractivity contribution in [2.75, 3.05) is 19.6 Å². The van der Waals surface area contributed by atoms with E-state index in [1.807, 2.05) is 0 Å². The van der Waals surface area contributed by atoms with Crippen molar-refractivity contribution in [3.05, 3.63) is 0 Å². The van der Waals surface area contributed by atoms with Crippen molar-refractivity contribution >= 4 is 0 Å². The molecule has 102 valence electrons. The van der Waals surface area contributed by atoms with Gasteiger partial charge in [-0.3, -0.25) is 4.90 Å². The molecule has 2 nitrogen and oxygen atoms in total. The summed E-state index contributed by atoms with van der Waals surface area (Å²) in [7, 11) is 0. The Kier molecular flexibility index (Phi) is 5.25. The predicted molar refractivity (Wildman–Crippen MR) is 62.6 cm³/mol. The van der Waals surface area contributed by atoms with E-state index >= 15 is 0 Å². The molecule has 3 unspecified atom stereocenters. The fourth-order valence-electron chi connectivity index (χ4n) is 2.83. The average molecular weight is 252 g/mol. The van der Waals surface area contributed by atoms with Gasteiger partial charge in [0.05, 0.1) is 6.54 Å². The van der Waals surface area contributed by atoms with E-state index in [-0.39, 0.29) is 12.0 Å². The number of alkyl halides is 3. The van der Waals surface area contributed by atoms with Crippen LogP contribution in [-0.2, 0) is 0 Å². The van der Waals surface area contributed by atoms with Crippen LogP contribution in [0, 0.1) is 11.8 Å². The maximum Gasteiger partial charge on any atom is 0.401 e. The van der Waals surface area contributed by atoms with Crippen molar-refractivity contribution in [3.63, 3.8) is 0 Å². The normalized spacial score (nSPS) is 30.9. The van der Waals surface area contributed by atoms with Crippen LogP contribution in [-0.4, -0.2) is 36.8 Å². The van der Waals surface area contributed by atoms with E-state index in [0.717, 1.165) is 19.3 Å². The third kappa shape index (κ3) is 4.47. The molecule has 0 radical (unpaired) electrons. The molecule has 1 rings (SSSR count). The predicted octanol–water partition coefficient (Wildman–Crippen LogP) is 2.63. The zero-order valence-corrected chi connectivity index (χ0v) is 10.6. The SMILES string of the molecule is CCN(CC(F)(F)F)C1CC(C)CCC1CN. The highest BCUT2D eigenvalue weighted by molar-refractivity contribution is 4.86. The number of halogens is 3. The van der Waals surface area contributed by atoms with Gasteiger partial charge in [0, 0.05) is 6.04 Å². The molecule has 17 heavy (non-hydrogen) atoms. The Labute approximate surface area is 101 Å². The monoisotopic (exact) mass is 252 g/mol. The summed E-state index contributed by atoms with van der Waals surface area (Å²) in [6, 6.07) is -0.00428. The molecule has 0 saturated heterocycles. The van der Waals surface area contributed by atoms with E-state index in [1.165, 1.54) is 0 Å². The average Bonchev–Trinajstić information content (AvgIpc) is 2.24. The molecule has 0 bridgehead atoms. The lowest BCUT2D eigenvalue weighted by molar-refractivity contribution is -0.154. The zero-order valence-electron chi connectivity index (χ0n) is 10.6. The first-order valence-electron chi connectivity index (χ1n) is 6.38. The molecule has 3 atom stereocenters. The van der Waals surface area contributed by atoms with Crippen LogP contribution in [0.4, 0.5) is 13.2 Å². The summed E-state index contributed by atoms with van der Waals surface area (Å²) in [5.74, 6) is 0.721. The maximum absolute atomic E-state index is 12.5. The van der Waals surface area contributed by atoms with Crippen molar-refractivity contribution in [3.8, 4) is 0 Å². The molecule has 0 aromatic rings. The molecule has 0 aliphatic heterocycles. The summed E-state index contributed by atoms with van der Waals surface area (Å²) in [6.45, 7) is 4.02. The maximum atomic E-state index is 12.5. The third-order valence-electron chi connectivity index (χ3n) is 3.78. The second-order valence-corrected chi connectivity index (χ2v) is 5.16. The van der Waals surface area contributed by atoms with Gasteiger partial charge in [-0.25, -0.2) is 0 Å². The van der Waals surface area contributed by atoms with Crippen LogP contribution >= 0.6 is 0 Å². The van der Waals surface area contributed by atoms with Gasteiger partial charge in [0.15, 0.2) is 0 Å². The quantitative estimate of drug-likeness (QED) is 0.833.